The lowest BCUT2D eigenvalue weighted by Crippen LogP contribution is -2.73. The molecule has 92 valence electrons. The van der Waals surface area contributed by atoms with E-state index >= 15 is 0 Å². The van der Waals surface area contributed by atoms with Crippen molar-refractivity contribution in [3.8, 4) is 0 Å². The van der Waals surface area contributed by atoms with E-state index in [1.807, 2.05) is 0 Å². The van der Waals surface area contributed by atoms with E-state index in [-0.39, 0.29) is 6.42 Å². The molecular formula is C9H12N4O4. The standard InChI is InChI=1S/C9H12N4O4/c1-4(14)12-6-3-7(11-8(12)16)13(5(2)15)9(17)10-6/h6-7H,3H2,1-2H3,(H,10,17)(H,11,16). The number of amides is 6. The smallest absolute Gasteiger partial charge is 0.316 e. The summed E-state index contributed by atoms with van der Waals surface area (Å²) in [4.78, 5) is 47.7. The molecule has 2 atom stereocenters. The molecular weight excluding hydrogens is 228 g/mol. The van der Waals surface area contributed by atoms with Crippen LogP contribution in [0.1, 0.15) is 20.3 Å². The molecule has 2 rings (SSSR count). The van der Waals surface area contributed by atoms with Crippen molar-refractivity contribution >= 4 is 23.9 Å². The van der Waals surface area contributed by atoms with Crippen LogP contribution >= 0.6 is 0 Å². The summed E-state index contributed by atoms with van der Waals surface area (Å²) in [7, 11) is 0. The van der Waals surface area contributed by atoms with Crippen LogP contribution in [0.25, 0.3) is 0 Å². The average molecular weight is 240 g/mol. The van der Waals surface area contributed by atoms with E-state index in [1.54, 1.807) is 0 Å². The number of urea groups is 2. The summed E-state index contributed by atoms with van der Waals surface area (Å²) in [5.74, 6) is -0.912. The molecule has 2 aliphatic heterocycles. The van der Waals surface area contributed by atoms with Crippen molar-refractivity contribution in [2.24, 2.45) is 0 Å². The zero-order chi connectivity index (χ0) is 12.7. The van der Waals surface area contributed by atoms with Gasteiger partial charge < -0.3 is 10.6 Å². The largest absolute Gasteiger partial charge is 0.327 e. The van der Waals surface area contributed by atoms with Crippen molar-refractivity contribution < 1.29 is 19.2 Å². The van der Waals surface area contributed by atoms with E-state index in [0.717, 1.165) is 9.80 Å². The number of carbonyl (C=O) groups excluding carboxylic acids is 4. The van der Waals surface area contributed by atoms with Crippen LogP contribution in [0.4, 0.5) is 9.59 Å². The molecule has 2 unspecified atom stereocenters. The normalized spacial score (nSPS) is 27.4. The molecule has 0 spiro atoms. The molecule has 17 heavy (non-hydrogen) atoms. The Morgan fingerprint density at radius 2 is 1.35 bits per heavy atom. The van der Waals surface area contributed by atoms with E-state index < -0.39 is 36.2 Å². The Balaban J connectivity index is 2.28. The Morgan fingerprint density at radius 3 is 1.65 bits per heavy atom. The molecule has 2 bridgehead atoms. The average Bonchev–Trinajstić information content (AvgIpc) is 2.13. The second-order valence-electron chi connectivity index (χ2n) is 3.94. The van der Waals surface area contributed by atoms with Gasteiger partial charge in [0, 0.05) is 20.3 Å². The van der Waals surface area contributed by atoms with Gasteiger partial charge in [-0.15, -0.1) is 0 Å². The van der Waals surface area contributed by atoms with Crippen molar-refractivity contribution in [2.75, 3.05) is 0 Å². The Hall–Kier alpha value is -2.12. The Kier molecular flexibility index (Phi) is 2.49. The van der Waals surface area contributed by atoms with Gasteiger partial charge in [0.1, 0.15) is 12.3 Å². The molecule has 2 aliphatic rings. The van der Waals surface area contributed by atoms with Crippen molar-refractivity contribution in [3.63, 3.8) is 0 Å². The van der Waals surface area contributed by atoms with Gasteiger partial charge in [0.15, 0.2) is 0 Å². The number of imide groups is 2. The fraction of sp³-hybridized carbons (Fsp3) is 0.556. The van der Waals surface area contributed by atoms with E-state index in [4.69, 9.17) is 0 Å². The molecule has 0 aliphatic carbocycles. The predicted molar refractivity (Wildman–Crippen MR) is 54.3 cm³/mol. The van der Waals surface area contributed by atoms with Gasteiger partial charge in [0.05, 0.1) is 0 Å². The van der Waals surface area contributed by atoms with E-state index in [2.05, 4.69) is 10.6 Å². The SMILES string of the molecule is CC(=O)N1C(=O)NC2CC1NC(=O)N2C(C)=O. The highest BCUT2D eigenvalue weighted by Crippen LogP contribution is 2.20. The molecule has 2 heterocycles. The fourth-order valence-electron chi connectivity index (χ4n) is 2.10. The van der Waals surface area contributed by atoms with Gasteiger partial charge in [-0.1, -0.05) is 0 Å². The van der Waals surface area contributed by atoms with Gasteiger partial charge in [-0.05, 0) is 0 Å². The predicted octanol–water partition coefficient (Wildman–Crippen LogP) is -0.828. The third-order valence-electron chi connectivity index (χ3n) is 2.77. The number of rotatable bonds is 0. The van der Waals surface area contributed by atoms with Crippen LogP contribution in [0.15, 0.2) is 0 Å². The zero-order valence-electron chi connectivity index (χ0n) is 9.39. The topological polar surface area (TPSA) is 98.8 Å². The lowest BCUT2D eigenvalue weighted by atomic mass is 10.1. The molecule has 0 aromatic rings. The van der Waals surface area contributed by atoms with Gasteiger partial charge in [-0.25, -0.2) is 19.4 Å². The van der Waals surface area contributed by atoms with Crippen LogP contribution in [0, 0.1) is 0 Å². The summed E-state index contributed by atoms with van der Waals surface area (Å²) < 4.78 is 0. The quantitative estimate of drug-likeness (QED) is 0.577. The number of carbonyl (C=O) groups is 4. The minimum Gasteiger partial charge on any atom is -0.316 e. The number of fused-ring (bicyclic) bond motifs is 2. The van der Waals surface area contributed by atoms with Crippen molar-refractivity contribution in [3.05, 3.63) is 0 Å². The highest BCUT2D eigenvalue weighted by Gasteiger charge is 2.46. The van der Waals surface area contributed by atoms with Crippen LogP contribution in [-0.4, -0.2) is 46.0 Å². The maximum atomic E-state index is 11.6. The maximum Gasteiger partial charge on any atom is 0.327 e. The molecule has 2 fully saturated rings. The first-order valence-corrected chi connectivity index (χ1v) is 5.12. The van der Waals surface area contributed by atoms with Crippen molar-refractivity contribution in [1.82, 2.24) is 20.4 Å². The van der Waals surface area contributed by atoms with E-state index in [0.29, 0.717) is 0 Å². The summed E-state index contributed by atoms with van der Waals surface area (Å²) in [6.45, 7) is 2.48. The second kappa shape index (κ2) is 3.72. The summed E-state index contributed by atoms with van der Waals surface area (Å²) in [5.41, 5.74) is 0. The molecule has 8 heteroatoms. The summed E-state index contributed by atoms with van der Waals surface area (Å²) in [6.07, 6.45) is -1.08. The summed E-state index contributed by atoms with van der Waals surface area (Å²) >= 11 is 0. The lowest BCUT2D eigenvalue weighted by molar-refractivity contribution is -0.133. The first kappa shape index (κ1) is 11.4. The number of hydrogen-bond donors (Lipinski definition) is 2. The van der Waals surface area contributed by atoms with Gasteiger partial charge in [-0.2, -0.15) is 0 Å². The lowest BCUT2D eigenvalue weighted by Gasteiger charge is -2.46. The molecule has 2 saturated heterocycles. The summed E-state index contributed by atoms with van der Waals surface area (Å²) in [6, 6.07) is -1.21. The van der Waals surface area contributed by atoms with Gasteiger partial charge >= 0.3 is 12.1 Å². The van der Waals surface area contributed by atoms with Crippen LogP contribution in [0.2, 0.25) is 0 Å². The maximum absolute atomic E-state index is 11.6. The zero-order valence-corrected chi connectivity index (χ0v) is 9.39. The highest BCUT2D eigenvalue weighted by molar-refractivity contribution is 5.99. The Morgan fingerprint density at radius 1 is 1.00 bits per heavy atom. The summed E-state index contributed by atoms with van der Waals surface area (Å²) in [5, 5.41) is 4.90. The molecule has 0 aromatic heterocycles. The van der Waals surface area contributed by atoms with Gasteiger partial charge in [0.25, 0.3) is 0 Å². The fourth-order valence-corrected chi connectivity index (χ4v) is 2.10. The van der Waals surface area contributed by atoms with Gasteiger partial charge in [-0.3, -0.25) is 9.59 Å². The third kappa shape index (κ3) is 1.71. The van der Waals surface area contributed by atoms with Crippen LogP contribution in [0.3, 0.4) is 0 Å². The highest BCUT2D eigenvalue weighted by atomic mass is 16.2. The van der Waals surface area contributed by atoms with Crippen LogP contribution in [0.5, 0.6) is 0 Å². The first-order valence-electron chi connectivity index (χ1n) is 5.12. The second-order valence-corrected chi connectivity index (χ2v) is 3.94. The van der Waals surface area contributed by atoms with Crippen molar-refractivity contribution in [1.29, 1.82) is 0 Å². The number of nitrogens with one attached hydrogen (secondary N) is 2. The number of hydrogen-bond acceptors (Lipinski definition) is 4. The minimum atomic E-state index is -0.686. The van der Waals surface area contributed by atoms with Crippen LogP contribution in [-0.2, 0) is 9.59 Å². The third-order valence-corrected chi connectivity index (χ3v) is 2.77. The molecule has 0 radical (unpaired) electrons. The first-order chi connectivity index (χ1) is 7.91. The van der Waals surface area contributed by atoms with Crippen LogP contribution < -0.4 is 10.6 Å². The Bertz CT molecular complexity index is 383. The minimum absolute atomic E-state index is 0.288. The van der Waals surface area contributed by atoms with E-state index in [1.165, 1.54) is 13.8 Å². The van der Waals surface area contributed by atoms with Crippen molar-refractivity contribution in [2.45, 2.75) is 32.6 Å². The molecule has 0 saturated carbocycles. The molecule has 0 aromatic carbocycles. The van der Waals surface area contributed by atoms with E-state index in [9.17, 15) is 19.2 Å². The molecule has 6 amide bonds. The van der Waals surface area contributed by atoms with Gasteiger partial charge in [0.2, 0.25) is 11.8 Å². The number of nitrogens with zero attached hydrogens (tertiary/aromatic N) is 2. The molecule has 2 N–H and O–H groups in total. The monoisotopic (exact) mass is 240 g/mol. The molecule has 8 nitrogen and oxygen atoms in total. The Labute approximate surface area is 96.9 Å².